The molecule has 1 saturated heterocycles. The number of hydrogen-bond donors (Lipinski definition) is 1. The van der Waals surface area contributed by atoms with E-state index in [0.717, 1.165) is 23.5 Å². The minimum atomic E-state index is -0.835. The van der Waals surface area contributed by atoms with E-state index >= 15 is 0 Å². The zero-order valence-electron chi connectivity index (χ0n) is 10.8. The predicted molar refractivity (Wildman–Crippen MR) is 68.9 cm³/mol. The Kier molecular flexibility index (Phi) is 2.97. The molecule has 0 aliphatic carbocycles. The molecule has 5 heteroatoms. The van der Waals surface area contributed by atoms with Crippen molar-refractivity contribution in [1.29, 1.82) is 0 Å². The summed E-state index contributed by atoms with van der Waals surface area (Å²) in [5.41, 5.74) is 1.07. The standard InChI is InChI=1S/C14H17NO4/c1-18-12-4-2-3-10-11-8-15(14(16)17)7-9(11)5-6-19-13(10)12/h2-4,9,11H,5-8H2,1H3,(H,16,17)/t9-,11-/m0/s1. The van der Waals surface area contributed by atoms with Gasteiger partial charge in [0.15, 0.2) is 11.5 Å². The van der Waals surface area contributed by atoms with Crippen LogP contribution >= 0.6 is 0 Å². The quantitative estimate of drug-likeness (QED) is 0.843. The van der Waals surface area contributed by atoms with Gasteiger partial charge in [-0.25, -0.2) is 4.79 Å². The third-order valence-corrected chi connectivity index (χ3v) is 4.08. The van der Waals surface area contributed by atoms with Crippen LogP contribution in [0.2, 0.25) is 0 Å². The van der Waals surface area contributed by atoms with Crippen LogP contribution in [0.15, 0.2) is 18.2 Å². The van der Waals surface area contributed by atoms with E-state index in [1.807, 2.05) is 18.2 Å². The third-order valence-electron chi connectivity index (χ3n) is 4.08. The molecule has 0 unspecified atom stereocenters. The Balaban J connectivity index is 1.99. The monoisotopic (exact) mass is 263 g/mol. The molecule has 1 fully saturated rings. The molecule has 2 aliphatic heterocycles. The smallest absolute Gasteiger partial charge is 0.407 e. The van der Waals surface area contributed by atoms with E-state index in [-0.39, 0.29) is 5.92 Å². The van der Waals surface area contributed by atoms with Gasteiger partial charge in [-0.3, -0.25) is 0 Å². The van der Waals surface area contributed by atoms with Crippen molar-refractivity contribution in [3.05, 3.63) is 23.8 Å². The number of likely N-dealkylation sites (tertiary alicyclic amines) is 1. The van der Waals surface area contributed by atoms with Gasteiger partial charge in [0.25, 0.3) is 0 Å². The summed E-state index contributed by atoms with van der Waals surface area (Å²) in [5, 5.41) is 9.15. The molecule has 1 aromatic rings. The number of hydrogen-bond acceptors (Lipinski definition) is 3. The summed E-state index contributed by atoms with van der Waals surface area (Å²) in [6.07, 6.45) is 0.0465. The number of rotatable bonds is 1. The molecule has 2 heterocycles. The Hall–Kier alpha value is -1.91. The van der Waals surface area contributed by atoms with Gasteiger partial charge in [-0.05, 0) is 18.4 Å². The minimum absolute atomic E-state index is 0.212. The van der Waals surface area contributed by atoms with Crippen LogP contribution < -0.4 is 9.47 Å². The number of carbonyl (C=O) groups is 1. The maximum absolute atomic E-state index is 11.1. The lowest BCUT2D eigenvalue weighted by Gasteiger charge is -2.17. The van der Waals surface area contributed by atoms with Crippen LogP contribution in [0.1, 0.15) is 17.9 Å². The second-order valence-corrected chi connectivity index (χ2v) is 5.07. The fourth-order valence-electron chi connectivity index (χ4n) is 3.12. The van der Waals surface area contributed by atoms with Gasteiger partial charge in [0, 0.05) is 24.6 Å². The van der Waals surface area contributed by atoms with Crippen molar-refractivity contribution in [1.82, 2.24) is 4.90 Å². The molecule has 0 saturated carbocycles. The third kappa shape index (κ3) is 1.99. The summed E-state index contributed by atoms with van der Waals surface area (Å²) in [5.74, 6) is 2.06. The van der Waals surface area contributed by atoms with Gasteiger partial charge in [-0.15, -0.1) is 0 Å². The van der Waals surface area contributed by atoms with Crippen molar-refractivity contribution < 1.29 is 19.4 Å². The molecular formula is C14H17NO4. The van der Waals surface area contributed by atoms with E-state index in [0.29, 0.717) is 25.6 Å². The lowest BCUT2D eigenvalue weighted by Crippen LogP contribution is -2.27. The van der Waals surface area contributed by atoms with Crippen molar-refractivity contribution in [3.8, 4) is 11.5 Å². The Morgan fingerprint density at radius 1 is 1.47 bits per heavy atom. The highest BCUT2D eigenvalue weighted by molar-refractivity contribution is 5.66. The van der Waals surface area contributed by atoms with Crippen LogP contribution in [0.25, 0.3) is 0 Å². The zero-order chi connectivity index (χ0) is 13.4. The molecule has 0 spiro atoms. The average Bonchev–Trinajstić information content (AvgIpc) is 2.76. The molecular weight excluding hydrogens is 246 g/mol. The number of carboxylic acid groups (broad SMARTS) is 1. The average molecular weight is 263 g/mol. The Morgan fingerprint density at radius 3 is 3.05 bits per heavy atom. The second-order valence-electron chi connectivity index (χ2n) is 5.07. The number of amides is 1. The molecule has 19 heavy (non-hydrogen) atoms. The number of benzene rings is 1. The molecule has 102 valence electrons. The van der Waals surface area contributed by atoms with E-state index < -0.39 is 6.09 Å². The number of nitrogens with zero attached hydrogens (tertiary/aromatic N) is 1. The highest BCUT2D eigenvalue weighted by Crippen LogP contribution is 2.45. The van der Waals surface area contributed by atoms with Crippen LogP contribution in [-0.2, 0) is 0 Å². The maximum atomic E-state index is 11.1. The number of fused-ring (bicyclic) bond motifs is 3. The first-order chi connectivity index (χ1) is 9.20. The molecule has 3 rings (SSSR count). The Labute approximate surface area is 111 Å². The minimum Gasteiger partial charge on any atom is -0.493 e. The molecule has 2 atom stereocenters. The van der Waals surface area contributed by atoms with Gasteiger partial charge in [0.1, 0.15) is 0 Å². The first-order valence-electron chi connectivity index (χ1n) is 6.48. The lowest BCUT2D eigenvalue weighted by atomic mass is 9.87. The lowest BCUT2D eigenvalue weighted by molar-refractivity contribution is 0.152. The van der Waals surface area contributed by atoms with Gasteiger partial charge in [0.2, 0.25) is 0 Å². The molecule has 0 bridgehead atoms. The number of methoxy groups -OCH3 is 1. The van der Waals surface area contributed by atoms with Crippen LogP contribution in [0.4, 0.5) is 4.79 Å². The highest BCUT2D eigenvalue weighted by atomic mass is 16.5. The van der Waals surface area contributed by atoms with Crippen molar-refractivity contribution in [2.75, 3.05) is 26.8 Å². The van der Waals surface area contributed by atoms with Crippen LogP contribution in [0, 0.1) is 5.92 Å². The van der Waals surface area contributed by atoms with Gasteiger partial charge in [0.05, 0.1) is 13.7 Å². The van der Waals surface area contributed by atoms with Crippen molar-refractivity contribution in [3.63, 3.8) is 0 Å². The number of para-hydroxylation sites is 1. The first-order valence-corrected chi connectivity index (χ1v) is 6.48. The van der Waals surface area contributed by atoms with E-state index in [2.05, 4.69) is 0 Å². The molecule has 0 aromatic heterocycles. The van der Waals surface area contributed by atoms with E-state index in [4.69, 9.17) is 14.6 Å². The summed E-state index contributed by atoms with van der Waals surface area (Å²) in [6, 6.07) is 5.84. The molecule has 0 radical (unpaired) electrons. The summed E-state index contributed by atoms with van der Waals surface area (Å²) < 4.78 is 11.1. The fourth-order valence-corrected chi connectivity index (χ4v) is 3.12. The topological polar surface area (TPSA) is 59.0 Å². The fraction of sp³-hybridized carbons (Fsp3) is 0.500. The van der Waals surface area contributed by atoms with E-state index in [9.17, 15) is 4.79 Å². The zero-order valence-corrected chi connectivity index (χ0v) is 10.8. The highest BCUT2D eigenvalue weighted by Gasteiger charge is 2.39. The van der Waals surface area contributed by atoms with Crippen molar-refractivity contribution >= 4 is 6.09 Å². The van der Waals surface area contributed by atoms with Gasteiger partial charge < -0.3 is 19.5 Å². The van der Waals surface area contributed by atoms with Crippen molar-refractivity contribution in [2.45, 2.75) is 12.3 Å². The summed E-state index contributed by atoms with van der Waals surface area (Å²) >= 11 is 0. The summed E-state index contributed by atoms with van der Waals surface area (Å²) in [6.45, 7) is 1.76. The molecule has 5 nitrogen and oxygen atoms in total. The van der Waals surface area contributed by atoms with E-state index in [1.54, 1.807) is 7.11 Å². The molecule has 1 amide bonds. The van der Waals surface area contributed by atoms with Crippen LogP contribution in [0.3, 0.4) is 0 Å². The second kappa shape index (κ2) is 4.64. The Bertz CT molecular complexity index is 502. The maximum Gasteiger partial charge on any atom is 0.407 e. The summed E-state index contributed by atoms with van der Waals surface area (Å²) in [7, 11) is 1.62. The summed E-state index contributed by atoms with van der Waals surface area (Å²) in [4.78, 5) is 12.6. The van der Waals surface area contributed by atoms with Gasteiger partial charge in [-0.2, -0.15) is 0 Å². The Morgan fingerprint density at radius 2 is 2.32 bits per heavy atom. The SMILES string of the molecule is COc1cccc2c1OCC[C@H]1CN(C(=O)O)C[C@H]21. The van der Waals surface area contributed by atoms with E-state index in [1.165, 1.54) is 4.90 Å². The van der Waals surface area contributed by atoms with Gasteiger partial charge >= 0.3 is 6.09 Å². The molecule has 1 aromatic carbocycles. The normalized spacial score (nSPS) is 25.0. The first kappa shape index (κ1) is 12.1. The van der Waals surface area contributed by atoms with Gasteiger partial charge in [-0.1, -0.05) is 12.1 Å². The van der Waals surface area contributed by atoms with Crippen LogP contribution in [0.5, 0.6) is 11.5 Å². The molecule has 1 N–H and O–H groups in total. The predicted octanol–water partition coefficient (Wildman–Crippen LogP) is 2.17. The van der Waals surface area contributed by atoms with Crippen LogP contribution in [-0.4, -0.2) is 42.9 Å². The number of ether oxygens (including phenoxy) is 2. The largest absolute Gasteiger partial charge is 0.493 e. The molecule has 2 aliphatic rings. The van der Waals surface area contributed by atoms with Crippen molar-refractivity contribution in [2.24, 2.45) is 5.92 Å².